The highest BCUT2D eigenvalue weighted by atomic mass is 14.5. The van der Waals surface area contributed by atoms with Crippen LogP contribution in [0.5, 0.6) is 0 Å². The third kappa shape index (κ3) is 3.27. The number of anilines is 1. The Morgan fingerprint density at radius 2 is 1.80 bits per heavy atom. The van der Waals surface area contributed by atoms with Crippen LogP contribution in [0.4, 0.5) is 5.69 Å². The lowest BCUT2D eigenvalue weighted by Crippen LogP contribution is -1.90. The number of nitrogens with two attached hydrogens (primary N) is 1. The second-order valence-electron chi connectivity index (χ2n) is 4.56. The Morgan fingerprint density at radius 3 is 2.45 bits per heavy atom. The van der Waals surface area contributed by atoms with Crippen molar-refractivity contribution in [3.05, 3.63) is 85.0 Å². The van der Waals surface area contributed by atoms with Crippen LogP contribution in [0.3, 0.4) is 0 Å². The second kappa shape index (κ2) is 6.58. The third-order valence-electron chi connectivity index (χ3n) is 3.08. The molecule has 0 amide bonds. The second-order valence-corrected chi connectivity index (χ2v) is 4.56. The van der Waals surface area contributed by atoms with E-state index >= 15 is 0 Å². The van der Waals surface area contributed by atoms with Gasteiger partial charge in [-0.25, -0.2) is 0 Å². The van der Waals surface area contributed by atoms with Gasteiger partial charge in [0, 0.05) is 5.69 Å². The van der Waals surface area contributed by atoms with Crippen LogP contribution in [0, 0.1) is 0 Å². The molecule has 0 unspecified atom stereocenters. The van der Waals surface area contributed by atoms with Crippen LogP contribution in [-0.2, 0) is 0 Å². The zero-order valence-corrected chi connectivity index (χ0v) is 11.7. The minimum absolute atomic E-state index is 0.759. The van der Waals surface area contributed by atoms with Crippen molar-refractivity contribution in [3.8, 4) is 11.1 Å². The molecule has 20 heavy (non-hydrogen) atoms. The summed E-state index contributed by atoms with van der Waals surface area (Å²) in [4.78, 5) is 0. The molecule has 2 N–H and O–H groups in total. The van der Waals surface area contributed by atoms with Crippen molar-refractivity contribution in [3.63, 3.8) is 0 Å². The zero-order chi connectivity index (χ0) is 14.4. The first kappa shape index (κ1) is 13.9. The van der Waals surface area contributed by atoms with E-state index in [1.807, 2.05) is 61.6 Å². The van der Waals surface area contributed by atoms with Gasteiger partial charge in [0.25, 0.3) is 0 Å². The summed E-state index contributed by atoms with van der Waals surface area (Å²) in [5.41, 5.74) is 11.2. The Balaban J connectivity index is 2.51. The normalized spacial score (nSPS) is 11.8. The van der Waals surface area contributed by atoms with Crippen molar-refractivity contribution in [1.82, 2.24) is 0 Å². The summed E-state index contributed by atoms with van der Waals surface area (Å²) in [6.45, 7) is 5.87. The van der Waals surface area contributed by atoms with E-state index in [4.69, 9.17) is 5.73 Å². The largest absolute Gasteiger partial charge is 0.399 e. The first-order chi connectivity index (χ1) is 9.74. The molecule has 0 aliphatic carbocycles. The van der Waals surface area contributed by atoms with Crippen LogP contribution in [0.15, 0.2) is 79.4 Å². The van der Waals surface area contributed by atoms with E-state index in [9.17, 15) is 0 Å². The van der Waals surface area contributed by atoms with Gasteiger partial charge in [-0.15, -0.1) is 0 Å². The molecule has 0 radical (unpaired) electrons. The standard InChI is InChI=1S/C19H19N/c1-3-5-9-15(4-2)17-12-18(14-19(20)13-17)16-10-7-6-8-11-16/h3-14H,2,20H2,1H3. The number of benzene rings is 2. The molecule has 1 heteroatoms. The van der Waals surface area contributed by atoms with E-state index in [1.165, 1.54) is 0 Å². The van der Waals surface area contributed by atoms with Gasteiger partial charge >= 0.3 is 0 Å². The number of hydrogen-bond donors (Lipinski definition) is 1. The Morgan fingerprint density at radius 1 is 1.05 bits per heavy atom. The summed E-state index contributed by atoms with van der Waals surface area (Å²) < 4.78 is 0. The monoisotopic (exact) mass is 261 g/mol. The molecule has 2 aromatic carbocycles. The van der Waals surface area contributed by atoms with Crippen LogP contribution in [0.1, 0.15) is 12.5 Å². The predicted molar refractivity (Wildman–Crippen MR) is 89.3 cm³/mol. The Labute approximate surface area is 120 Å². The average Bonchev–Trinajstić information content (AvgIpc) is 2.48. The van der Waals surface area contributed by atoms with Gasteiger partial charge < -0.3 is 5.73 Å². The van der Waals surface area contributed by atoms with Gasteiger partial charge in [0.15, 0.2) is 0 Å². The maximum atomic E-state index is 6.04. The minimum atomic E-state index is 0.759. The molecule has 2 rings (SSSR count). The third-order valence-corrected chi connectivity index (χ3v) is 3.08. The number of rotatable bonds is 4. The summed E-state index contributed by atoms with van der Waals surface area (Å²) >= 11 is 0. The highest BCUT2D eigenvalue weighted by Crippen LogP contribution is 2.27. The molecule has 0 heterocycles. The molecule has 1 nitrogen and oxygen atoms in total. The number of nitrogen functional groups attached to an aromatic ring is 1. The topological polar surface area (TPSA) is 26.0 Å². The predicted octanol–water partition coefficient (Wildman–Crippen LogP) is 5.08. The minimum Gasteiger partial charge on any atom is -0.399 e. The molecule has 0 atom stereocenters. The Kier molecular flexibility index (Phi) is 4.56. The molecular weight excluding hydrogens is 242 g/mol. The van der Waals surface area contributed by atoms with Crippen molar-refractivity contribution < 1.29 is 0 Å². The molecule has 2 aromatic rings. The summed E-state index contributed by atoms with van der Waals surface area (Å²) in [7, 11) is 0. The lowest BCUT2D eigenvalue weighted by Gasteiger charge is -2.08. The molecule has 0 saturated heterocycles. The number of hydrogen-bond acceptors (Lipinski definition) is 1. The molecular formula is C19H19N. The van der Waals surface area contributed by atoms with Crippen LogP contribution in [0.2, 0.25) is 0 Å². The zero-order valence-electron chi connectivity index (χ0n) is 11.7. The van der Waals surface area contributed by atoms with Gasteiger partial charge in [-0.1, -0.05) is 61.2 Å². The van der Waals surface area contributed by atoms with Crippen LogP contribution in [0.25, 0.3) is 16.7 Å². The van der Waals surface area contributed by atoms with Gasteiger partial charge in [0.1, 0.15) is 0 Å². The Hall–Kier alpha value is -2.54. The fraction of sp³-hybridized carbons (Fsp3) is 0.0526. The van der Waals surface area contributed by atoms with Gasteiger partial charge in [0.05, 0.1) is 0 Å². The summed E-state index contributed by atoms with van der Waals surface area (Å²) in [5, 5.41) is 0. The van der Waals surface area contributed by atoms with Crippen molar-refractivity contribution in [2.45, 2.75) is 6.92 Å². The highest BCUT2D eigenvalue weighted by Gasteiger charge is 2.03. The lowest BCUT2D eigenvalue weighted by atomic mass is 9.98. The number of allylic oxidation sites excluding steroid dienone is 5. The van der Waals surface area contributed by atoms with Gasteiger partial charge in [-0.05, 0) is 47.4 Å². The maximum absolute atomic E-state index is 6.04. The van der Waals surface area contributed by atoms with Crippen molar-refractivity contribution >= 4 is 11.3 Å². The smallest absolute Gasteiger partial charge is 0.0326 e. The molecule has 0 fully saturated rings. The summed E-state index contributed by atoms with van der Waals surface area (Å²) in [5.74, 6) is 0. The van der Waals surface area contributed by atoms with E-state index in [2.05, 4.69) is 24.8 Å². The van der Waals surface area contributed by atoms with Gasteiger partial charge in [-0.3, -0.25) is 0 Å². The molecule has 100 valence electrons. The lowest BCUT2D eigenvalue weighted by molar-refractivity contribution is 1.57. The SMILES string of the molecule is C=CC(=CC=CC)c1cc(N)cc(-c2ccccc2)c1. The molecule has 0 spiro atoms. The quantitative estimate of drug-likeness (QED) is 0.602. The van der Waals surface area contributed by atoms with E-state index in [0.29, 0.717) is 0 Å². The van der Waals surface area contributed by atoms with Crippen molar-refractivity contribution in [1.29, 1.82) is 0 Å². The van der Waals surface area contributed by atoms with E-state index in [0.717, 1.165) is 28.0 Å². The van der Waals surface area contributed by atoms with Gasteiger partial charge in [-0.2, -0.15) is 0 Å². The molecule has 0 saturated carbocycles. The summed E-state index contributed by atoms with van der Waals surface area (Å²) in [6, 6.07) is 16.4. The van der Waals surface area contributed by atoms with Crippen molar-refractivity contribution in [2.75, 3.05) is 5.73 Å². The summed E-state index contributed by atoms with van der Waals surface area (Å²) in [6.07, 6.45) is 7.89. The fourth-order valence-electron chi connectivity index (χ4n) is 2.10. The highest BCUT2D eigenvalue weighted by molar-refractivity contribution is 5.81. The van der Waals surface area contributed by atoms with E-state index in [-0.39, 0.29) is 0 Å². The van der Waals surface area contributed by atoms with E-state index < -0.39 is 0 Å². The molecule has 0 aromatic heterocycles. The van der Waals surface area contributed by atoms with Crippen LogP contribution in [-0.4, -0.2) is 0 Å². The van der Waals surface area contributed by atoms with Crippen LogP contribution < -0.4 is 5.73 Å². The van der Waals surface area contributed by atoms with Crippen molar-refractivity contribution in [2.24, 2.45) is 0 Å². The van der Waals surface area contributed by atoms with Gasteiger partial charge in [0.2, 0.25) is 0 Å². The molecule has 0 bridgehead atoms. The average molecular weight is 261 g/mol. The Bertz CT molecular complexity index is 649. The first-order valence-electron chi connectivity index (χ1n) is 6.66. The van der Waals surface area contributed by atoms with Crippen LogP contribution >= 0.6 is 0 Å². The molecule has 0 aliphatic rings. The maximum Gasteiger partial charge on any atom is 0.0326 e. The fourth-order valence-corrected chi connectivity index (χ4v) is 2.10. The first-order valence-corrected chi connectivity index (χ1v) is 6.66. The van der Waals surface area contributed by atoms with E-state index in [1.54, 1.807) is 0 Å². The molecule has 0 aliphatic heterocycles.